The van der Waals surface area contributed by atoms with Crippen molar-refractivity contribution in [3.63, 3.8) is 0 Å². The van der Waals surface area contributed by atoms with Crippen LogP contribution in [0.25, 0.3) is 0 Å². The molecule has 0 amide bonds. The molecule has 3 nitrogen and oxygen atoms in total. The molecule has 0 aliphatic rings. The summed E-state index contributed by atoms with van der Waals surface area (Å²) in [7, 11) is -2.92. The van der Waals surface area contributed by atoms with E-state index in [-0.39, 0.29) is 77.7 Å². The SMILES string of the molecule is [Ca+2].[Gd+3].[O-]B([O-])[O-]. The molecule has 1 radical (unpaired) electrons. The predicted molar refractivity (Wildman–Crippen MR) is 11.5 cm³/mol. The molecule has 0 bridgehead atoms. The van der Waals surface area contributed by atoms with Crippen LogP contribution in [0, 0.1) is 39.9 Å². The molecule has 0 atom stereocenters. The van der Waals surface area contributed by atoms with E-state index in [2.05, 4.69) is 0 Å². The van der Waals surface area contributed by atoms with Gasteiger partial charge in [0.25, 0.3) is 0 Å². The second-order valence-electron chi connectivity index (χ2n) is 0.289. The van der Waals surface area contributed by atoms with Gasteiger partial charge < -0.3 is 15.1 Å². The van der Waals surface area contributed by atoms with Gasteiger partial charge >= 0.3 is 77.7 Å². The maximum atomic E-state index is 8.42. The van der Waals surface area contributed by atoms with Crippen LogP contribution in [0.15, 0.2) is 0 Å². The van der Waals surface area contributed by atoms with Crippen LogP contribution >= 0.6 is 0 Å². The van der Waals surface area contributed by atoms with Gasteiger partial charge in [0.1, 0.15) is 0 Å². The van der Waals surface area contributed by atoms with Gasteiger partial charge in [0.15, 0.2) is 0 Å². The van der Waals surface area contributed by atoms with Gasteiger partial charge in [0.2, 0.25) is 0 Å². The van der Waals surface area contributed by atoms with E-state index >= 15 is 0 Å². The van der Waals surface area contributed by atoms with Crippen LogP contribution in [0.2, 0.25) is 0 Å². The van der Waals surface area contributed by atoms with Gasteiger partial charge in [0, 0.05) is 0 Å². The Morgan fingerprint density at radius 1 is 1.00 bits per heavy atom. The zero-order chi connectivity index (χ0) is 3.58. The van der Waals surface area contributed by atoms with E-state index in [4.69, 9.17) is 15.1 Å². The van der Waals surface area contributed by atoms with Gasteiger partial charge in [-0.3, -0.25) is 7.32 Å². The average molecular weight is 256 g/mol. The van der Waals surface area contributed by atoms with E-state index < -0.39 is 7.32 Å². The van der Waals surface area contributed by atoms with Crippen molar-refractivity contribution in [1.82, 2.24) is 0 Å². The Labute approximate surface area is 98.0 Å². The third-order valence-corrected chi connectivity index (χ3v) is 0. The molecule has 0 heterocycles. The fourth-order valence-electron chi connectivity index (χ4n) is 0. The summed E-state index contributed by atoms with van der Waals surface area (Å²) in [6.07, 6.45) is 0. The normalized spacial score (nSPS) is 4.50. The molecule has 6 heavy (non-hydrogen) atoms. The summed E-state index contributed by atoms with van der Waals surface area (Å²) >= 11 is 0. The second-order valence-corrected chi connectivity index (χ2v) is 0.289. The summed E-state index contributed by atoms with van der Waals surface area (Å²) < 4.78 is 0. The first kappa shape index (κ1) is 15.8. The van der Waals surface area contributed by atoms with Gasteiger partial charge in [-0.2, -0.15) is 0 Å². The average Bonchev–Trinajstić information content (AvgIpc) is 0.811. The maximum Gasteiger partial charge on any atom is 3.00 e. The summed E-state index contributed by atoms with van der Waals surface area (Å²) in [5, 5.41) is 25.2. The Balaban J connectivity index is -0.0000000450. The number of hydrogen-bond donors (Lipinski definition) is 0. The van der Waals surface area contributed by atoms with Crippen LogP contribution in [0.3, 0.4) is 0 Å². The monoisotopic (exact) mass is 257 g/mol. The molecule has 0 unspecified atom stereocenters. The van der Waals surface area contributed by atoms with Crippen molar-refractivity contribution in [2.75, 3.05) is 0 Å². The largest absolute Gasteiger partial charge is 3.00 e. The second kappa shape index (κ2) is 10.5. The van der Waals surface area contributed by atoms with E-state index in [1.165, 1.54) is 0 Å². The van der Waals surface area contributed by atoms with Crippen molar-refractivity contribution >= 4 is 45.1 Å². The summed E-state index contributed by atoms with van der Waals surface area (Å²) in [4.78, 5) is 0. The van der Waals surface area contributed by atoms with Crippen molar-refractivity contribution in [2.24, 2.45) is 0 Å². The van der Waals surface area contributed by atoms with Crippen molar-refractivity contribution in [3.05, 3.63) is 0 Å². The third kappa shape index (κ3) is 31.2. The summed E-state index contributed by atoms with van der Waals surface area (Å²) in [6, 6.07) is 0. The molecule has 0 aromatic heterocycles. The first-order valence-electron chi connectivity index (χ1n) is 0.707. The molecule has 0 saturated carbocycles. The molecular formula is BCaGdO3+2. The fourth-order valence-corrected chi connectivity index (χ4v) is 0. The maximum absolute atomic E-state index is 8.42. The van der Waals surface area contributed by atoms with Crippen LogP contribution in [-0.2, 0) is 0 Å². The van der Waals surface area contributed by atoms with Gasteiger partial charge in [-0.25, -0.2) is 0 Å². The van der Waals surface area contributed by atoms with E-state index in [1.807, 2.05) is 0 Å². The van der Waals surface area contributed by atoms with E-state index in [0.717, 1.165) is 0 Å². The molecule has 0 spiro atoms. The quantitative estimate of drug-likeness (QED) is 0.411. The smallest absolute Gasteiger partial charge is 0.907 e. The van der Waals surface area contributed by atoms with Crippen molar-refractivity contribution in [3.8, 4) is 0 Å². The first-order valence-corrected chi connectivity index (χ1v) is 0.707. The van der Waals surface area contributed by atoms with Crippen molar-refractivity contribution in [2.45, 2.75) is 0 Å². The Morgan fingerprint density at radius 2 is 1.00 bits per heavy atom. The number of rotatable bonds is 0. The van der Waals surface area contributed by atoms with Crippen LogP contribution < -0.4 is 15.1 Å². The van der Waals surface area contributed by atoms with E-state index in [0.29, 0.717) is 0 Å². The Kier molecular flexibility index (Phi) is 27.7. The minimum Gasteiger partial charge on any atom is -0.907 e. The van der Waals surface area contributed by atoms with Crippen molar-refractivity contribution < 1.29 is 55.0 Å². The van der Waals surface area contributed by atoms with Gasteiger partial charge in [-0.05, 0) is 0 Å². The van der Waals surface area contributed by atoms with Gasteiger partial charge in [-0.1, -0.05) is 0 Å². The summed E-state index contributed by atoms with van der Waals surface area (Å²) in [5.74, 6) is 0. The first-order chi connectivity index (χ1) is 1.73. The standard InChI is InChI=1S/BO3.Ca.Gd/c2-1(3)4;;/q-3;+2;+3. The molecule has 0 rings (SSSR count). The van der Waals surface area contributed by atoms with Crippen LogP contribution in [-0.4, -0.2) is 45.1 Å². The Bertz CT molecular complexity index is 15.5. The molecular weight excluding hydrogens is 256 g/mol. The summed E-state index contributed by atoms with van der Waals surface area (Å²) in [5.41, 5.74) is 0. The van der Waals surface area contributed by atoms with E-state index in [1.54, 1.807) is 0 Å². The Morgan fingerprint density at radius 3 is 1.00 bits per heavy atom. The van der Waals surface area contributed by atoms with Crippen LogP contribution in [0.4, 0.5) is 0 Å². The topological polar surface area (TPSA) is 69.2 Å². The molecule has 6 heteroatoms. The predicted octanol–water partition coefficient (Wildman–Crippen LogP) is -4.33. The molecule has 0 fully saturated rings. The fraction of sp³-hybridized carbons (Fsp3) is 0. The molecule has 0 saturated heterocycles. The zero-order valence-corrected chi connectivity index (χ0v) is 7.34. The minimum absolute atomic E-state index is 0. The molecule has 0 aromatic carbocycles. The molecule has 0 aliphatic carbocycles. The minimum atomic E-state index is -2.92. The Hall–Kier alpha value is 2.53. The van der Waals surface area contributed by atoms with Crippen LogP contribution in [0.1, 0.15) is 0 Å². The number of hydrogen-bond acceptors (Lipinski definition) is 3. The van der Waals surface area contributed by atoms with Crippen LogP contribution in [0.5, 0.6) is 0 Å². The van der Waals surface area contributed by atoms with E-state index in [9.17, 15) is 0 Å². The molecule has 0 N–H and O–H groups in total. The molecule has 0 aliphatic heterocycles. The third-order valence-electron chi connectivity index (χ3n) is 0. The molecule has 29 valence electrons. The zero-order valence-electron chi connectivity index (χ0n) is 2.86. The molecule has 0 aromatic rings. The van der Waals surface area contributed by atoms with Gasteiger partial charge in [0.05, 0.1) is 0 Å². The van der Waals surface area contributed by atoms with Gasteiger partial charge in [-0.15, -0.1) is 0 Å². The summed E-state index contributed by atoms with van der Waals surface area (Å²) in [6.45, 7) is 0. The van der Waals surface area contributed by atoms with Crippen molar-refractivity contribution in [1.29, 1.82) is 0 Å².